The molecule has 0 radical (unpaired) electrons. The Morgan fingerprint density at radius 2 is 2.13 bits per heavy atom. The molecule has 1 aromatic carbocycles. The van der Waals surface area contributed by atoms with E-state index in [1.165, 1.54) is 0 Å². The number of fused-ring (bicyclic) bond motifs is 1. The lowest BCUT2D eigenvalue weighted by molar-refractivity contribution is -0.121. The van der Waals surface area contributed by atoms with E-state index < -0.39 is 0 Å². The van der Waals surface area contributed by atoms with Crippen molar-refractivity contribution in [3.8, 4) is 0 Å². The van der Waals surface area contributed by atoms with Crippen molar-refractivity contribution in [3.63, 3.8) is 0 Å². The average molecular weight is 375 g/mol. The first-order valence-corrected chi connectivity index (χ1v) is 8.33. The van der Waals surface area contributed by atoms with E-state index in [9.17, 15) is 4.79 Å². The second-order valence-electron chi connectivity index (χ2n) is 5.62. The number of halogens is 1. The molecule has 0 bridgehead atoms. The Kier molecular flexibility index (Phi) is 4.52. The molecule has 0 aliphatic rings. The fourth-order valence-electron chi connectivity index (χ4n) is 2.74. The average Bonchev–Trinajstić information content (AvgIpc) is 3.05. The molecule has 0 saturated heterocycles. The molecule has 120 valence electrons. The SMILES string of the molecule is Cc1c(Br)c2ccccc2n1CC(=O)NCCc1cnn(C)c1. The molecule has 5 nitrogen and oxygen atoms in total. The van der Waals surface area contributed by atoms with Crippen LogP contribution in [0.15, 0.2) is 41.1 Å². The summed E-state index contributed by atoms with van der Waals surface area (Å²) in [5.74, 6) is 0.0187. The lowest BCUT2D eigenvalue weighted by atomic mass is 10.2. The molecule has 6 heteroatoms. The van der Waals surface area contributed by atoms with Crippen LogP contribution in [-0.2, 0) is 24.8 Å². The van der Waals surface area contributed by atoms with Crippen LogP contribution in [0.3, 0.4) is 0 Å². The zero-order valence-electron chi connectivity index (χ0n) is 13.2. The molecule has 2 aromatic heterocycles. The highest BCUT2D eigenvalue weighted by atomic mass is 79.9. The van der Waals surface area contributed by atoms with Crippen LogP contribution >= 0.6 is 15.9 Å². The highest BCUT2D eigenvalue weighted by Crippen LogP contribution is 2.30. The molecule has 0 aliphatic heterocycles. The number of carbonyl (C=O) groups excluding carboxylic acids is 1. The minimum atomic E-state index is 0.0187. The monoisotopic (exact) mass is 374 g/mol. The van der Waals surface area contributed by atoms with Gasteiger partial charge in [0.25, 0.3) is 0 Å². The maximum Gasteiger partial charge on any atom is 0.239 e. The number of rotatable bonds is 5. The van der Waals surface area contributed by atoms with Gasteiger partial charge in [0.2, 0.25) is 5.91 Å². The molecular formula is C17H19BrN4O. The molecule has 0 atom stereocenters. The smallest absolute Gasteiger partial charge is 0.239 e. The van der Waals surface area contributed by atoms with Gasteiger partial charge in [-0.15, -0.1) is 0 Å². The lowest BCUT2D eigenvalue weighted by Crippen LogP contribution is -2.29. The third-order valence-corrected chi connectivity index (χ3v) is 4.95. The van der Waals surface area contributed by atoms with Gasteiger partial charge in [-0.05, 0) is 40.9 Å². The molecule has 0 saturated carbocycles. The van der Waals surface area contributed by atoms with Gasteiger partial charge in [0.05, 0.1) is 6.20 Å². The molecule has 0 aliphatic carbocycles. The van der Waals surface area contributed by atoms with Crippen LogP contribution in [0.1, 0.15) is 11.3 Å². The number of aromatic nitrogens is 3. The molecule has 0 spiro atoms. The van der Waals surface area contributed by atoms with Gasteiger partial charge < -0.3 is 9.88 Å². The van der Waals surface area contributed by atoms with Gasteiger partial charge in [0, 0.05) is 40.9 Å². The maximum absolute atomic E-state index is 12.2. The second kappa shape index (κ2) is 6.58. The van der Waals surface area contributed by atoms with Crippen LogP contribution in [0.2, 0.25) is 0 Å². The van der Waals surface area contributed by atoms with E-state index in [0.29, 0.717) is 13.1 Å². The fourth-order valence-corrected chi connectivity index (χ4v) is 3.29. The molecule has 3 aromatic rings. The number of aryl methyl sites for hydroxylation is 1. The van der Waals surface area contributed by atoms with Crippen LogP contribution in [0.4, 0.5) is 0 Å². The van der Waals surface area contributed by atoms with Crippen molar-refractivity contribution >= 4 is 32.7 Å². The largest absolute Gasteiger partial charge is 0.354 e. The van der Waals surface area contributed by atoms with Crippen LogP contribution in [0.5, 0.6) is 0 Å². The normalized spacial score (nSPS) is 11.1. The summed E-state index contributed by atoms with van der Waals surface area (Å²) >= 11 is 3.62. The number of hydrogen-bond acceptors (Lipinski definition) is 2. The molecule has 0 unspecified atom stereocenters. The summed E-state index contributed by atoms with van der Waals surface area (Å²) in [6.45, 7) is 2.96. The molecule has 1 N–H and O–H groups in total. The van der Waals surface area contributed by atoms with Gasteiger partial charge in [0.15, 0.2) is 0 Å². The van der Waals surface area contributed by atoms with E-state index >= 15 is 0 Å². The Morgan fingerprint density at radius 1 is 1.35 bits per heavy atom. The third-order valence-electron chi connectivity index (χ3n) is 3.95. The first kappa shape index (κ1) is 15.8. The predicted molar refractivity (Wildman–Crippen MR) is 94.3 cm³/mol. The van der Waals surface area contributed by atoms with Gasteiger partial charge in [-0.3, -0.25) is 9.48 Å². The number of para-hydroxylation sites is 1. The van der Waals surface area contributed by atoms with Crippen molar-refractivity contribution in [2.75, 3.05) is 6.54 Å². The van der Waals surface area contributed by atoms with Crippen LogP contribution < -0.4 is 5.32 Å². The summed E-state index contributed by atoms with van der Waals surface area (Å²) in [5, 5.41) is 8.24. The number of hydrogen-bond donors (Lipinski definition) is 1. The Bertz CT molecular complexity index is 850. The molecule has 23 heavy (non-hydrogen) atoms. The van der Waals surface area contributed by atoms with Gasteiger partial charge in [0.1, 0.15) is 6.54 Å². The number of benzene rings is 1. The van der Waals surface area contributed by atoms with E-state index in [1.54, 1.807) is 4.68 Å². The first-order valence-electron chi connectivity index (χ1n) is 7.54. The summed E-state index contributed by atoms with van der Waals surface area (Å²) in [7, 11) is 1.89. The van der Waals surface area contributed by atoms with Crippen molar-refractivity contribution in [2.45, 2.75) is 19.9 Å². The number of carbonyl (C=O) groups is 1. The highest BCUT2D eigenvalue weighted by molar-refractivity contribution is 9.10. The van der Waals surface area contributed by atoms with Gasteiger partial charge in [-0.1, -0.05) is 18.2 Å². The zero-order chi connectivity index (χ0) is 16.4. The Hall–Kier alpha value is -2.08. The lowest BCUT2D eigenvalue weighted by Gasteiger charge is -2.09. The van der Waals surface area contributed by atoms with E-state index in [4.69, 9.17) is 0 Å². The molecule has 2 heterocycles. The van der Waals surface area contributed by atoms with Gasteiger partial charge in [-0.25, -0.2) is 0 Å². The first-order chi connectivity index (χ1) is 11.1. The van der Waals surface area contributed by atoms with E-state index in [1.807, 2.05) is 49.1 Å². The number of nitrogens with zero attached hydrogens (tertiary/aromatic N) is 3. The van der Waals surface area contributed by atoms with Crippen molar-refractivity contribution in [1.29, 1.82) is 0 Å². The molecule has 0 fully saturated rings. The third kappa shape index (κ3) is 3.32. The van der Waals surface area contributed by atoms with Crippen molar-refractivity contribution in [3.05, 3.63) is 52.4 Å². The summed E-state index contributed by atoms with van der Waals surface area (Å²) in [4.78, 5) is 12.2. The van der Waals surface area contributed by atoms with E-state index in [-0.39, 0.29) is 5.91 Å². The Balaban J connectivity index is 1.65. The Labute approximate surface area is 143 Å². The standard InChI is InChI=1S/C17H19BrN4O/c1-12-17(18)14-5-3-4-6-15(14)22(12)11-16(23)19-8-7-13-9-20-21(2)10-13/h3-6,9-10H,7-8,11H2,1-2H3,(H,19,23). The minimum Gasteiger partial charge on any atom is -0.354 e. The summed E-state index contributed by atoms with van der Waals surface area (Å²) in [6, 6.07) is 8.09. The quantitative estimate of drug-likeness (QED) is 0.746. The van der Waals surface area contributed by atoms with E-state index in [2.05, 4.69) is 32.4 Å². The zero-order valence-corrected chi connectivity index (χ0v) is 14.8. The second-order valence-corrected chi connectivity index (χ2v) is 6.42. The topological polar surface area (TPSA) is 51.9 Å². The van der Waals surface area contributed by atoms with Crippen molar-refractivity contribution in [2.24, 2.45) is 7.05 Å². The minimum absolute atomic E-state index is 0.0187. The number of nitrogens with one attached hydrogen (secondary N) is 1. The van der Waals surface area contributed by atoms with Crippen LogP contribution in [0, 0.1) is 6.92 Å². The summed E-state index contributed by atoms with van der Waals surface area (Å²) in [5.41, 5.74) is 3.26. The van der Waals surface area contributed by atoms with E-state index in [0.717, 1.165) is 33.1 Å². The van der Waals surface area contributed by atoms with Crippen LogP contribution in [0.25, 0.3) is 10.9 Å². The molecular weight excluding hydrogens is 356 g/mol. The Morgan fingerprint density at radius 3 is 2.87 bits per heavy atom. The predicted octanol–water partition coefficient (Wildman–Crippen LogP) is 2.80. The maximum atomic E-state index is 12.2. The summed E-state index contributed by atoms with van der Waals surface area (Å²) < 4.78 is 4.86. The molecule has 3 rings (SSSR count). The van der Waals surface area contributed by atoms with Gasteiger partial charge in [-0.2, -0.15) is 5.10 Å². The van der Waals surface area contributed by atoms with Gasteiger partial charge >= 0.3 is 0 Å². The van der Waals surface area contributed by atoms with Crippen molar-refractivity contribution in [1.82, 2.24) is 19.7 Å². The number of amides is 1. The van der Waals surface area contributed by atoms with Crippen molar-refractivity contribution < 1.29 is 4.79 Å². The fraction of sp³-hybridized carbons (Fsp3) is 0.294. The molecule has 1 amide bonds. The highest BCUT2D eigenvalue weighted by Gasteiger charge is 2.13. The van der Waals surface area contributed by atoms with Crippen LogP contribution in [-0.4, -0.2) is 26.8 Å². The summed E-state index contributed by atoms with van der Waals surface area (Å²) in [6.07, 6.45) is 4.58.